The molecular formula is C8H11NO3S. The van der Waals surface area contributed by atoms with Gasteiger partial charge in [-0.05, 0) is 6.92 Å². The average molecular weight is 201 g/mol. The maximum absolute atomic E-state index is 10.2. The van der Waals surface area contributed by atoms with Crippen LogP contribution >= 0.6 is 11.8 Å². The van der Waals surface area contributed by atoms with Crippen molar-refractivity contribution < 1.29 is 14.4 Å². The van der Waals surface area contributed by atoms with Crippen LogP contribution < -0.4 is 0 Å². The van der Waals surface area contributed by atoms with Crippen LogP contribution in [0.2, 0.25) is 0 Å². The van der Waals surface area contributed by atoms with Crippen LogP contribution in [0.4, 0.5) is 0 Å². The van der Waals surface area contributed by atoms with E-state index >= 15 is 0 Å². The van der Waals surface area contributed by atoms with Crippen molar-refractivity contribution in [3.05, 3.63) is 17.5 Å². The lowest BCUT2D eigenvalue weighted by atomic mass is 10.4. The molecule has 0 fully saturated rings. The van der Waals surface area contributed by atoms with Gasteiger partial charge < -0.3 is 9.63 Å². The lowest BCUT2D eigenvalue weighted by molar-refractivity contribution is -0.136. The highest BCUT2D eigenvalue weighted by Crippen LogP contribution is 2.13. The first kappa shape index (κ1) is 10.1. The number of carbonyl (C=O) groups is 1. The van der Waals surface area contributed by atoms with Crippen molar-refractivity contribution in [3.8, 4) is 0 Å². The van der Waals surface area contributed by atoms with Crippen LogP contribution in [0.1, 0.15) is 17.9 Å². The average Bonchev–Trinajstić information content (AvgIpc) is 2.45. The number of thioether (sulfide) groups is 1. The van der Waals surface area contributed by atoms with Crippen molar-refractivity contribution in [2.75, 3.05) is 5.75 Å². The van der Waals surface area contributed by atoms with Gasteiger partial charge in [-0.3, -0.25) is 4.79 Å². The number of nitrogens with zero attached hydrogens (tertiary/aromatic N) is 1. The highest BCUT2D eigenvalue weighted by molar-refractivity contribution is 7.98. The number of carboxylic acid groups (broad SMARTS) is 1. The third-order valence-corrected chi connectivity index (χ3v) is 2.36. The molecule has 1 aromatic heterocycles. The van der Waals surface area contributed by atoms with Crippen LogP contribution in [-0.2, 0) is 10.5 Å². The lowest BCUT2D eigenvalue weighted by Crippen LogP contribution is -1.95. The number of aromatic nitrogens is 1. The Morgan fingerprint density at radius 1 is 1.77 bits per heavy atom. The molecule has 0 atom stereocenters. The van der Waals surface area contributed by atoms with Crippen molar-refractivity contribution in [3.63, 3.8) is 0 Å². The molecule has 0 bridgehead atoms. The Morgan fingerprint density at radius 2 is 2.54 bits per heavy atom. The highest BCUT2D eigenvalue weighted by Gasteiger charge is 2.01. The van der Waals surface area contributed by atoms with Crippen molar-refractivity contribution in [1.29, 1.82) is 0 Å². The summed E-state index contributed by atoms with van der Waals surface area (Å²) in [6.45, 7) is 1.86. The Bertz CT molecular complexity index is 285. The number of aryl methyl sites for hydroxylation is 1. The predicted molar refractivity (Wildman–Crippen MR) is 49.7 cm³/mol. The van der Waals surface area contributed by atoms with Gasteiger partial charge in [0.25, 0.3) is 0 Å². The van der Waals surface area contributed by atoms with E-state index in [1.54, 1.807) is 0 Å². The summed E-state index contributed by atoms with van der Waals surface area (Å²) in [6.07, 6.45) is 0.192. The zero-order valence-electron chi connectivity index (χ0n) is 7.32. The van der Waals surface area contributed by atoms with E-state index in [4.69, 9.17) is 9.63 Å². The van der Waals surface area contributed by atoms with Crippen LogP contribution in [0.25, 0.3) is 0 Å². The van der Waals surface area contributed by atoms with Crippen molar-refractivity contribution in [1.82, 2.24) is 5.16 Å². The van der Waals surface area contributed by atoms with Gasteiger partial charge in [0.2, 0.25) is 0 Å². The third kappa shape index (κ3) is 3.98. The molecule has 0 unspecified atom stereocenters. The van der Waals surface area contributed by atoms with E-state index in [2.05, 4.69) is 5.16 Å². The van der Waals surface area contributed by atoms with Gasteiger partial charge in [0, 0.05) is 11.8 Å². The van der Waals surface area contributed by atoms with Crippen molar-refractivity contribution >= 4 is 17.7 Å². The summed E-state index contributed by atoms with van der Waals surface area (Å²) >= 11 is 1.53. The van der Waals surface area contributed by atoms with Gasteiger partial charge in [0.1, 0.15) is 5.76 Å². The van der Waals surface area contributed by atoms with Crippen LogP contribution in [0.15, 0.2) is 10.6 Å². The maximum Gasteiger partial charge on any atom is 0.304 e. The van der Waals surface area contributed by atoms with Gasteiger partial charge in [-0.1, -0.05) is 5.16 Å². The fourth-order valence-corrected chi connectivity index (χ4v) is 1.62. The molecule has 5 heteroatoms. The summed E-state index contributed by atoms with van der Waals surface area (Å²) in [4.78, 5) is 10.2. The minimum absolute atomic E-state index is 0.192. The smallest absolute Gasteiger partial charge is 0.304 e. The largest absolute Gasteiger partial charge is 0.481 e. The third-order valence-electron chi connectivity index (χ3n) is 1.38. The first-order chi connectivity index (χ1) is 6.18. The van der Waals surface area contributed by atoms with Crippen molar-refractivity contribution in [2.45, 2.75) is 19.1 Å². The van der Waals surface area contributed by atoms with Gasteiger partial charge in [0.05, 0.1) is 17.9 Å². The Hall–Kier alpha value is -0.970. The maximum atomic E-state index is 10.2. The normalized spacial score (nSPS) is 10.2. The molecule has 1 rings (SSSR count). The first-order valence-electron chi connectivity index (χ1n) is 3.90. The Kier molecular flexibility index (Phi) is 3.82. The topological polar surface area (TPSA) is 63.3 Å². The zero-order chi connectivity index (χ0) is 9.68. The minimum Gasteiger partial charge on any atom is -0.481 e. The van der Waals surface area contributed by atoms with E-state index in [0.29, 0.717) is 11.5 Å². The highest BCUT2D eigenvalue weighted by atomic mass is 32.2. The summed E-state index contributed by atoms with van der Waals surface area (Å²) in [5.74, 6) is 1.33. The number of hydrogen-bond donors (Lipinski definition) is 1. The molecule has 0 aromatic carbocycles. The van der Waals surface area contributed by atoms with E-state index in [1.165, 1.54) is 11.8 Å². The van der Waals surface area contributed by atoms with E-state index in [-0.39, 0.29) is 6.42 Å². The van der Waals surface area contributed by atoms with E-state index in [1.807, 2.05) is 13.0 Å². The molecule has 0 aliphatic rings. The van der Waals surface area contributed by atoms with Crippen molar-refractivity contribution in [2.24, 2.45) is 0 Å². The fraction of sp³-hybridized carbons (Fsp3) is 0.500. The minimum atomic E-state index is -0.763. The van der Waals surface area contributed by atoms with Gasteiger partial charge in [0.15, 0.2) is 0 Å². The molecule has 0 aliphatic carbocycles. The molecule has 0 saturated carbocycles. The van der Waals surface area contributed by atoms with Crippen LogP contribution in [-0.4, -0.2) is 22.0 Å². The predicted octanol–water partition coefficient (Wildman–Crippen LogP) is 1.69. The monoisotopic (exact) mass is 201 g/mol. The lowest BCUT2D eigenvalue weighted by Gasteiger charge is -1.94. The molecular weight excluding hydrogens is 190 g/mol. The van der Waals surface area contributed by atoms with E-state index in [9.17, 15) is 4.79 Å². The van der Waals surface area contributed by atoms with Gasteiger partial charge in [-0.2, -0.15) is 11.8 Å². The summed E-state index contributed by atoms with van der Waals surface area (Å²) < 4.78 is 4.95. The molecule has 0 saturated heterocycles. The summed E-state index contributed by atoms with van der Waals surface area (Å²) in [5.41, 5.74) is 0.855. The Balaban J connectivity index is 2.16. The van der Waals surface area contributed by atoms with E-state index in [0.717, 1.165) is 11.5 Å². The molecule has 0 aliphatic heterocycles. The zero-order valence-corrected chi connectivity index (χ0v) is 8.13. The molecule has 72 valence electrons. The Labute approximate surface area is 80.3 Å². The molecule has 0 amide bonds. The quantitative estimate of drug-likeness (QED) is 0.734. The molecule has 0 radical (unpaired) electrons. The number of rotatable bonds is 5. The summed E-state index contributed by atoms with van der Waals surface area (Å²) in [5, 5.41) is 12.1. The number of aliphatic carboxylic acids is 1. The Morgan fingerprint density at radius 3 is 3.08 bits per heavy atom. The first-order valence-corrected chi connectivity index (χ1v) is 5.05. The molecule has 0 spiro atoms. The van der Waals surface area contributed by atoms with Crippen LogP contribution in [0.5, 0.6) is 0 Å². The summed E-state index contributed by atoms with van der Waals surface area (Å²) in [6, 6.07) is 1.85. The number of carboxylic acids is 1. The van der Waals surface area contributed by atoms with Gasteiger partial charge >= 0.3 is 5.97 Å². The van der Waals surface area contributed by atoms with E-state index < -0.39 is 5.97 Å². The van der Waals surface area contributed by atoms with Gasteiger partial charge in [-0.25, -0.2) is 0 Å². The second-order valence-corrected chi connectivity index (χ2v) is 3.74. The fourth-order valence-electron chi connectivity index (χ4n) is 0.817. The molecule has 1 N–H and O–H groups in total. The second-order valence-electron chi connectivity index (χ2n) is 2.63. The SMILES string of the molecule is Cc1cc(CSCCC(=O)O)on1. The molecule has 1 aromatic rings. The van der Waals surface area contributed by atoms with Crippen LogP contribution in [0, 0.1) is 6.92 Å². The molecule has 1 heterocycles. The standard InChI is InChI=1S/C8H11NO3S/c1-6-4-7(12-9-6)5-13-3-2-8(10)11/h4H,2-3,5H2,1H3,(H,10,11). The number of hydrogen-bond acceptors (Lipinski definition) is 4. The second kappa shape index (κ2) is 4.91. The van der Waals surface area contributed by atoms with Crippen LogP contribution in [0.3, 0.4) is 0 Å². The molecule has 13 heavy (non-hydrogen) atoms. The van der Waals surface area contributed by atoms with Gasteiger partial charge in [-0.15, -0.1) is 0 Å². The summed E-state index contributed by atoms with van der Waals surface area (Å²) in [7, 11) is 0. The molecule has 4 nitrogen and oxygen atoms in total.